The lowest BCUT2D eigenvalue weighted by atomic mass is 10.0. The van der Waals surface area contributed by atoms with Crippen molar-refractivity contribution >= 4 is 15.7 Å². The van der Waals surface area contributed by atoms with Crippen LogP contribution in [-0.4, -0.2) is 30.1 Å². The zero-order valence-corrected chi connectivity index (χ0v) is 15.7. The van der Waals surface area contributed by atoms with Crippen molar-refractivity contribution in [2.24, 2.45) is 7.05 Å². The van der Waals surface area contributed by atoms with Crippen molar-refractivity contribution in [2.45, 2.75) is 55.2 Å². The minimum Gasteiger partial charge on any atom is -0.348 e. The number of benzene rings is 1. The van der Waals surface area contributed by atoms with Crippen LogP contribution < -0.4 is 5.32 Å². The van der Waals surface area contributed by atoms with Gasteiger partial charge in [-0.15, -0.1) is 0 Å². The van der Waals surface area contributed by atoms with Crippen LogP contribution in [0, 0.1) is 0 Å². The first-order chi connectivity index (χ1) is 12.5. The molecule has 1 aliphatic heterocycles. The van der Waals surface area contributed by atoms with E-state index >= 15 is 0 Å². The first-order valence-electron chi connectivity index (χ1n) is 9.16. The lowest BCUT2D eigenvalue weighted by Gasteiger charge is -2.19. The third-order valence-electron chi connectivity index (χ3n) is 5.36. The summed E-state index contributed by atoms with van der Waals surface area (Å²) < 4.78 is 27.0. The summed E-state index contributed by atoms with van der Waals surface area (Å²) in [4.78, 5) is 13.2. The van der Waals surface area contributed by atoms with E-state index in [-0.39, 0.29) is 23.4 Å². The second kappa shape index (κ2) is 6.54. The Morgan fingerprint density at radius 2 is 1.85 bits per heavy atom. The van der Waals surface area contributed by atoms with E-state index in [1.165, 1.54) is 12.8 Å². The van der Waals surface area contributed by atoms with Crippen molar-refractivity contribution in [3.63, 3.8) is 0 Å². The summed E-state index contributed by atoms with van der Waals surface area (Å²) in [5.41, 5.74) is 2.10. The molecule has 2 aromatic rings. The van der Waals surface area contributed by atoms with Crippen molar-refractivity contribution in [1.82, 2.24) is 15.1 Å². The first kappa shape index (κ1) is 17.3. The molecule has 2 aliphatic rings. The van der Waals surface area contributed by atoms with Gasteiger partial charge < -0.3 is 5.32 Å². The standard InChI is InChI=1S/C19H23N3O3S/c1-22-18-14-10-6-7-11-16(14)26(24,25)12-15(18)17(21-22)19(23)20-13-8-4-2-3-5-9-13/h6-7,10-11,13H,2-5,8-9,12H2,1H3,(H,20,23). The smallest absolute Gasteiger partial charge is 0.272 e. The van der Waals surface area contributed by atoms with Gasteiger partial charge in [0.15, 0.2) is 15.5 Å². The first-order valence-corrected chi connectivity index (χ1v) is 10.8. The van der Waals surface area contributed by atoms with E-state index in [1.807, 2.05) is 6.07 Å². The number of nitrogens with one attached hydrogen (secondary N) is 1. The SMILES string of the molecule is Cn1nc(C(=O)NC2CCCCCC2)c2c1-c1ccccc1S(=O)(=O)C2. The third-order valence-corrected chi connectivity index (χ3v) is 7.06. The van der Waals surface area contributed by atoms with E-state index in [1.54, 1.807) is 29.9 Å². The molecule has 0 atom stereocenters. The van der Waals surface area contributed by atoms with Gasteiger partial charge in [-0.25, -0.2) is 8.42 Å². The molecule has 6 nitrogen and oxygen atoms in total. The second-order valence-corrected chi connectivity index (χ2v) is 9.17. The van der Waals surface area contributed by atoms with Crippen LogP contribution in [-0.2, 0) is 22.6 Å². The number of fused-ring (bicyclic) bond motifs is 3. The van der Waals surface area contributed by atoms with E-state index in [9.17, 15) is 13.2 Å². The maximum atomic E-state index is 12.9. The molecule has 138 valence electrons. The fourth-order valence-corrected chi connectivity index (χ4v) is 5.70. The summed E-state index contributed by atoms with van der Waals surface area (Å²) in [5.74, 6) is -0.441. The van der Waals surface area contributed by atoms with Gasteiger partial charge in [0.25, 0.3) is 5.91 Å². The van der Waals surface area contributed by atoms with Crippen LogP contribution in [0.5, 0.6) is 0 Å². The number of aryl methyl sites for hydroxylation is 1. The Morgan fingerprint density at radius 3 is 2.58 bits per heavy atom. The molecule has 1 aliphatic carbocycles. The summed E-state index contributed by atoms with van der Waals surface area (Å²) in [6.07, 6.45) is 6.60. The zero-order valence-electron chi connectivity index (χ0n) is 14.9. The number of hydrogen-bond donors (Lipinski definition) is 1. The van der Waals surface area contributed by atoms with Gasteiger partial charge in [0.05, 0.1) is 16.3 Å². The van der Waals surface area contributed by atoms with Crippen LogP contribution in [0.25, 0.3) is 11.3 Å². The number of hydrogen-bond acceptors (Lipinski definition) is 4. The van der Waals surface area contributed by atoms with Gasteiger partial charge >= 0.3 is 0 Å². The average Bonchev–Trinajstić information content (AvgIpc) is 2.77. The third kappa shape index (κ3) is 2.94. The summed E-state index contributed by atoms with van der Waals surface area (Å²) >= 11 is 0. The van der Waals surface area contributed by atoms with Crippen LogP contribution in [0.2, 0.25) is 0 Å². The van der Waals surface area contributed by atoms with Crippen LogP contribution in [0.4, 0.5) is 0 Å². The number of amides is 1. The fourth-order valence-electron chi connectivity index (χ4n) is 4.10. The van der Waals surface area contributed by atoms with E-state index in [4.69, 9.17) is 0 Å². The number of sulfone groups is 1. The molecule has 1 aromatic heterocycles. The van der Waals surface area contributed by atoms with Crippen LogP contribution in [0.1, 0.15) is 54.6 Å². The van der Waals surface area contributed by atoms with Crippen molar-refractivity contribution in [1.29, 1.82) is 0 Å². The van der Waals surface area contributed by atoms with Gasteiger partial charge in [0.2, 0.25) is 0 Å². The molecule has 0 unspecified atom stereocenters. The summed E-state index contributed by atoms with van der Waals surface area (Å²) in [7, 11) is -1.71. The molecule has 0 spiro atoms. The zero-order chi connectivity index (χ0) is 18.3. The summed E-state index contributed by atoms with van der Waals surface area (Å²) in [6, 6.07) is 7.07. The lowest BCUT2D eigenvalue weighted by molar-refractivity contribution is 0.0927. The molecule has 1 fully saturated rings. The molecule has 1 saturated carbocycles. The van der Waals surface area contributed by atoms with E-state index < -0.39 is 9.84 Å². The molecule has 4 rings (SSSR count). The molecule has 26 heavy (non-hydrogen) atoms. The average molecular weight is 373 g/mol. The predicted octanol–water partition coefficient (Wildman–Crippen LogP) is 2.83. The number of nitrogens with zero attached hydrogens (tertiary/aromatic N) is 2. The van der Waals surface area contributed by atoms with E-state index in [0.717, 1.165) is 31.4 Å². The molecular formula is C19H23N3O3S. The summed E-state index contributed by atoms with van der Waals surface area (Å²) in [6.45, 7) is 0. The van der Waals surface area contributed by atoms with E-state index in [0.29, 0.717) is 16.0 Å². The van der Waals surface area contributed by atoms with Gasteiger partial charge in [-0.05, 0) is 18.9 Å². The van der Waals surface area contributed by atoms with Crippen LogP contribution in [0.3, 0.4) is 0 Å². The highest BCUT2D eigenvalue weighted by atomic mass is 32.2. The Kier molecular flexibility index (Phi) is 4.34. The molecule has 1 aromatic carbocycles. The van der Waals surface area contributed by atoms with Crippen LogP contribution >= 0.6 is 0 Å². The van der Waals surface area contributed by atoms with E-state index in [2.05, 4.69) is 10.4 Å². The Hall–Kier alpha value is -2.15. The quantitative estimate of drug-likeness (QED) is 0.821. The maximum absolute atomic E-state index is 12.9. The normalized spacial score (nSPS) is 19.3. The molecular weight excluding hydrogens is 350 g/mol. The maximum Gasteiger partial charge on any atom is 0.272 e. The topological polar surface area (TPSA) is 81.1 Å². The number of carbonyl (C=O) groups excluding carboxylic acids is 1. The van der Waals surface area contributed by atoms with Gasteiger partial charge in [-0.2, -0.15) is 5.10 Å². The Balaban J connectivity index is 1.72. The highest BCUT2D eigenvalue weighted by molar-refractivity contribution is 7.90. The monoisotopic (exact) mass is 373 g/mol. The van der Waals surface area contributed by atoms with Gasteiger partial charge in [-0.3, -0.25) is 9.48 Å². The lowest BCUT2D eigenvalue weighted by Crippen LogP contribution is -2.35. The van der Waals surface area contributed by atoms with Crippen LogP contribution in [0.15, 0.2) is 29.2 Å². The predicted molar refractivity (Wildman–Crippen MR) is 98.5 cm³/mol. The molecule has 1 amide bonds. The van der Waals surface area contributed by atoms with Crippen molar-refractivity contribution in [2.75, 3.05) is 0 Å². The largest absolute Gasteiger partial charge is 0.348 e. The van der Waals surface area contributed by atoms with Crippen molar-refractivity contribution in [3.8, 4) is 11.3 Å². The molecule has 1 N–H and O–H groups in total. The molecule has 7 heteroatoms. The Morgan fingerprint density at radius 1 is 1.15 bits per heavy atom. The second-order valence-electron chi connectivity index (χ2n) is 7.22. The minimum atomic E-state index is -3.47. The minimum absolute atomic E-state index is 0.148. The molecule has 0 saturated heterocycles. The van der Waals surface area contributed by atoms with Crippen molar-refractivity contribution < 1.29 is 13.2 Å². The number of rotatable bonds is 2. The Labute approximate surface area is 153 Å². The molecule has 0 bridgehead atoms. The highest BCUT2D eigenvalue weighted by Gasteiger charge is 2.35. The molecule has 0 radical (unpaired) electrons. The molecule has 2 heterocycles. The van der Waals surface area contributed by atoms with Crippen molar-refractivity contribution in [3.05, 3.63) is 35.5 Å². The number of carbonyl (C=O) groups is 1. The number of aromatic nitrogens is 2. The fraction of sp³-hybridized carbons (Fsp3) is 0.474. The highest BCUT2D eigenvalue weighted by Crippen LogP contribution is 2.38. The Bertz CT molecular complexity index is 954. The van der Waals surface area contributed by atoms with Gasteiger partial charge in [0, 0.05) is 24.2 Å². The van der Waals surface area contributed by atoms with Gasteiger partial charge in [0.1, 0.15) is 0 Å². The van der Waals surface area contributed by atoms with Gasteiger partial charge in [-0.1, -0.05) is 43.9 Å². The summed E-state index contributed by atoms with van der Waals surface area (Å²) in [5, 5.41) is 7.47.